The minimum Gasteiger partial charge on any atom is -0.456 e. The predicted molar refractivity (Wildman–Crippen MR) is 161 cm³/mol. The van der Waals surface area contributed by atoms with Crippen LogP contribution in [0.25, 0.3) is 33.4 Å². The van der Waals surface area contributed by atoms with Gasteiger partial charge in [-0.05, 0) is 62.6 Å². The van der Waals surface area contributed by atoms with Gasteiger partial charge in [0.2, 0.25) is 0 Å². The molecule has 0 aromatic heterocycles. The Morgan fingerprint density at radius 2 is 1.73 bits per heavy atom. The summed E-state index contributed by atoms with van der Waals surface area (Å²) in [6, 6.07) is 16.0. The standard InChI is InChI=1S/C32H40N4O4/c1-5-34-27-19-29-25(17-21(27)3)31(26-18-22(4)28(35-6-2)20-30(26)40-29)23-9-7-8-10-24(23)32(37)36-12-14-39-16-15-38-13-11-33/h7-10,17-20,34H,5-6,11-16,33H2,1-4H3,(H,36,37)/b35-28-. The molecule has 0 bridgehead atoms. The molecule has 0 radical (unpaired) electrons. The van der Waals surface area contributed by atoms with Gasteiger partial charge in [0.15, 0.2) is 0 Å². The van der Waals surface area contributed by atoms with Crippen LogP contribution in [0.5, 0.6) is 0 Å². The number of carbonyl (C=O) groups excluding carboxylic acids is 1. The molecule has 4 rings (SSSR count). The molecule has 0 unspecified atom stereocenters. The Balaban J connectivity index is 1.76. The van der Waals surface area contributed by atoms with Crippen LogP contribution >= 0.6 is 0 Å². The zero-order valence-electron chi connectivity index (χ0n) is 23.9. The van der Waals surface area contributed by atoms with E-state index in [2.05, 4.69) is 48.5 Å². The highest BCUT2D eigenvalue weighted by atomic mass is 16.5. The van der Waals surface area contributed by atoms with Crippen LogP contribution in [0, 0.1) is 13.8 Å². The highest BCUT2D eigenvalue weighted by Crippen LogP contribution is 2.42. The summed E-state index contributed by atoms with van der Waals surface area (Å²) in [7, 11) is 0. The lowest BCUT2D eigenvalue weighted by atomic mass is 9.89. The molecule has 1 aliphatic heterocycles. The third kappa shape index (κ3) is 6.70. The molecule has 2 aromatic carbocycles. The van der Waals surface area contributed by atoms with E-state index in [1.54, 1.807) is 0 Å². The number of carbonyl (C=O) groups is 1. The predicted octanol–water partition coefficient (Wildman–Crippen LogP) is 4.90. The van der Waals surface area contributed by atoms with Gasteiger partial charge in [-0.25, -0.2) is 0 Å². The van der Waals surface area contributed by atoms with Crippen molar-refractivity contribution in [1.82, 2.24) is 5.32 Å². The molecule has 0 saturated heterocycles. The normalized spacial score (nSPS) is 11.9. The fourth-order valence-electron chi connectivity index (χ4n) is 4.84. The Hall–Kier alpha value is -3.72. The number of hydrogen-bond donors (Lipinski definition) is 3. The summed E-state index contributed by atoms with van der Waals surface area (Å²) in [5, 5.41) is 8.29. The Kier molecular flexibility index (Phi) is 10.3. The average Bonchev–Trinajstić information content (AvgIpc) is 2.95. The summed E-state index contributed by atoms with van der Waals surface area (Å²) in [5.74, 6) is 0.572. The number of nitrogens with one attached hydrogen (secondary N) is 2. The van der Waals surface area contributed by atoms with E-state index in [4.69, 9.17) is 19.6 Å². The lowest BCUT2D eigenvalue weighted by Gasteiger charge is -2.20. The van der Waals surface area contributed by atoms with Gasteiger partial charge in [-0.2, -0.15) is 0 Å². The van der Waals surface area contributed by atoms with Crippen molar-refractivity contribution in [3.63, 3.8) is 0 Å². The minimum atomic E-state index is -0.156. The number of amides is 1. The molecule has 1 aliphatic carbocycles. The first-order valence-electron chi connectivity index (χ1n) is 14.0. The monoisotopic (exact) mass is 544 g/mol. The summed E-state index contributed by atoms with van der Waals surface area (Å²) >= 11 is 0. The minimum absolute atomic E-state index is 0.156. The van der Waals surface area contributed by atoms with Crippen LogP contribution in [-0.4, -0.2) is 58.5 Å². The highest BCUT2D eigenvalue weighted by Gasteiger charge is 2.22. The molecule has 212 valence electrons. The summed E-state index contributed by atoms with van der Waals surface area (Å²) in [4.78, 5) is 18.1. The molecule has 1 heterocycles. The van der Waals surface area contributed by atoms with E-state index in [9.17, 15) is 4.79 Å². The molecule has 4 N–H and O–H groups in total. The van der Waals surface area contributed by atoms with Crippen molar-refractivity contribution >= 4 is 22.6 Å². The Morgan fingerprint density at radius 1 is 0.950 bits per heavy atom. The molecular weight excluding hydrogens is 504 g/mol. The van der Waals surface area contributed by atoms with Crippen LogP contribution in [0.1, 0.15) is 35.3 Å². The van der Waals surface area contributed by atoms with Gasteiger partial charge in [0.05, 0.1) is 31.8 Å². The van der Waals surface area contributed by atoms with Gasteiger partial charge in [-0.15, -0.1) is 0 Å². The van der Waals surface area contributed by atoms with E-state index in [-0.39, 0.29) is 5.91 Å². The van der Waals surface area contributed by atoms with Crippen LogP contribution in [0.4, 0.5) is 5.69 Å². The van der Waals surface area contributed by atoms with Gasteiger partial charge >= 0.3 is 0 Å². The number of anilines is 1. The number of ether oxygens (including phenoxy) is 2. The second kappa shape index (κ2) is 14.1. The number of nitrogens with two attached hydrogens (primary N) is 1. The molecule has 0 saturated carbocycles. The first-order valence-corrected chi connectivity index (χ1v) is 14.0. The summed E-state index contributed by atoms with van der Waals surface area (Å²) < 4.78 is 17.4. The highest BCUT2D eigenvalue weighted by molar-refractivity contribution is 6.09. The fraction of sp³-hybridized carbons (Fsp3) is 0.375. The average molecular weight is 545 g/mol. The van der Waals surface area contributed by atoms with Crippen molar-refractivity contribution in [3.05, 3.63) is 70.6 Å². The third-order valence-corrected chi connectivity index (χ3v) is 6.69. The number of benzene rings is 3. The SMILES string of the molecule is CC/N=c1/cc2oc3cc(NCC)c(C)cc3c(-c3ccccc3C(=O)NCCOCCOCCN)c-2cc1C. The maximum atomic E-state index is 13.4. The topological polar surface area (TPSA) is 111 Å². The summed E-state index contributed by atoms with van der Waals surface area (Å²) in [5.41, 5.74) is 12.7. The Morgan fingerprint density at radius 3 is 2.48 bits per heavy atom. The lowest BCUT2D eigenvalue weighted by molar-refractivity contribution is 0.0511. The van der Waals surface area contributed by atoms with Crippen LogP contribution < -0.4 is 21.7 Å². The smallest absolute Gasteiger partial charge is 0.251 e. The molecule has 0 fully saturated rings. The van der Waals surface area contributed by atoms with E-state index in [0.29, 0.717) is 51.6 Å². The van der Waals surface area contributed by atoms with Gasteiger partial charge in [0.25, 0.3) is 5.91 Å². The largest absolute Gasteiger partial charge is 0.456 e. The summed E-state index contributed by atoms with van der Waals surface area (Å²) in [6.07, 6.45) is 0. The van der Waals surface area contributed by atoms with Crippen LogP contribution in [0.2, 0.25) is 0 Å². The zero-order valence-corrected chi connectivity index (χ0v) is 23.9. The van der Waals surface area contributed by atoms with Gasteiger partial charge < -0.3 is 30.3 Å². The number of nitrogens with zero attached hydrogens (tertiary/aromatic N) is 1. The maximum absolute atomic E-state index is 13.4. The molecular formula is C32H40N4O4. The van der Waals surface area contributed by atoms with E-state index in [1.807, 2.05) is 43.3 Å². The van der Waals surface area contributed by atoms with Gasteiger partial charge in [0, 0.05) is 66.1 Å². The maximum Gasteiger partial charge on any atom is 0.251 e. The molecule has 2 aliphatic rings. The van der Waals surface area contributed by atoms with Crippen LogP contribution in [0.15, 0.2) is 57.9 Å². The summed E-state index contributed by atoms with van der Waals surface area (Å²) in [6.45, 7) is 12.4. The molecule has 0 atom stereocenters. The van der Waals surface area contributed by atoms with E-state index >= 15 is 0 Å². The van der Waals surface area contributed by atoms with Crippen molar-refractivity contribution in [3.8, 4) is 22.5 Å². The Labute approximate surface area is 235 Å². The van der Waals surface area contributed by atoms with Crippen LogP contribution in [0.3, 0.4) is 0 Å². The van der Waals surface area contributed by atoms with Crippen molar-refractivity contribution in [1.29, 1.82) is 0 Å². The zero-order chi connectivity index (χ0) is 28.5. The quantitative estimate of drug-likeness (QED) is 0.163. The number of hydrogen-bond acceptors (Lipinski definition) is 7. The lowest BCUT2D eigenvalue weighted by Crippen LogP contribution is -2.28. The van der Waals surface area contributed by atoms with E-state index < -0.39 is 0 Å². The second-order valence-corrected chi connectivity index (χ2v) is 9.59. The molecule has 1 amide bonds. The van der Waals surface area contributed by atoms with Crippen molar-refractivity contribution in [2.45, 2.75) is 27.7 Å². The van der Waals surface area contributed by atoms with Crippen molar-refractivity contribution in [2.24, 2.45) is 10.7 Å². The van der Waals surface area contributed by atoms with Gasteiger partial charge in [-0.1, -0.05) is 18.2 Å². The Bertz CT molecular complexity index is 1490. The fourth-order valence-corrected chi connectivity index (χ4v) is 4.84. The number of aryl methyl sites for hydroxylation is 2. The number of rotatable bonds is 13. The van der Waals surface area contributed by atoms with Gasteiger partial charge in [0.1, 0.15) is 11.3 Å². The van der Waals surface area contributed by atoms with E-state index in [1.165, 1.54) is 0 Å². The van der Waals surface area contributed by atoms with E-state index in [0.717, 1.165) is 62.1 Å². The molecule has 0 spiro atoms. The van der Waals surface area contributed by atoms with Crippen molar-refractivity contribution in [2.75, 3.05) is 57.9 Å². The first-order chi connectivity index (χ1) is 19.5. The second-order valence-electron chi connectivity index (χ2n) is 9.59. The molecule has 8 nitrogen and oxygen atoms in total. The number of fused-ring (bicyclic) bond motifs is 2. The van der Waals surface area contributed by atoms with Crippen LogP contribution in [-0.2, 0) is 9.47 Å². The van der Waals surface area contributed by atoms with Gasteiger partial charge in [-0.3, -0.25) is 9.79 Å². The molecule has 2 aromatic rings. The molecule has 8 heteroatoms. The third-order valence-electron chi connectivity index (χ3n) is 6.69. The first kappa shape index (κ1) is 29.3. The van der Waals surface area contributed by atoms with Crippen molar-refractivity contribution < 1.29 is 18.7 Å². The molecule has 40 heavy (non-hydrogen) atoms.